The minimum Gasteiger partial charge on any atom is -0.447 e. The fourth-order valence-electron chi connectivity index (χ4n) is 1.96. The third kappa shape index (κ3) is 2.38. The summed E-state index contributed by atoms with van der Waals surface area (Å²) in [5, 5.41) is 0. The van der Waals surface area contributed by atoms with E-state index in [-0.39, 0.29) is 12.2 Å². The van der Waals surface area contributed by atoms with E-state index < -0.39 is 5.97 Å². The lowest BCUT2D eigenvalue weighted by atomic mass is 10.2. The molecule has 2 aliphatic rings. The first-order valence-electron chi connectivity index (χ1n) is 5.46. The molecule has 2 aliphatic heterocycles. The predicted octanol–water partition coefficient (Wildman–Crippen LogP) is 1.04. The fourth-order valence-corrected chi connectivity index (χ4v) is 1.96. The normalized spacial score (nSPS) is 31.9. The van der Waals surface area contributed by atoms with E-state index in [2.05, 4.69) is 0 Å². The molecule has 0 bridgehead atoms. The van der Waals surface area contributed by atoms with Crippen molar-refractivity contribution in [2.45, 2.75) is 31.0 Å². The number of ether oxygens (including phenoxy) is 5. The molecule has 0 amide bonds. The lowest BCUT2D eigenvalue weighted by Crippen LogP contribution is -2.34. The molecule has 0 unspecified atom stereocenters. The molecule has 16 heavy (non-hydrogen) atoms. The van der Waals surface area contributed by atoms with Crippen LogP contribution in [0.5, 0.6) is 0 Å². The summed E-state index contributed by atoms with van der Waals surface area (Å²) in [7, 11) is 3.28. The van der Waals surface area contributed by atoms with Crippen LogP contribution in [0, 0.1) is 0 Å². The van der Waals surface area contributed by atoms with Gasteiger partial charge in [0.1, 0.15) is 12.2 Å². The Kier molecular flexibility index (Phi) is 3.81. The van der Waals surface area contributed by atoms with Gasteiger partial charge in [0.2, 0.25) is 0 Å². The molecule has 0 aliphatic carbocycles. The largest absolute Gasteiger partial charge is 0.447 e. The number of hydrogen-bond donors (Lipinski definition) is 0. The Labute approximate surface area is 95.3 Å². The van der Waals surface area contributed by atoms with Gasteiger partial charge in [-0.3, -0.25) is 0 Å². The van der Waals surface area contributed by atoms with E-state index in [1.807, 2.05) is 6.08 Å². The highest BCUT2D eigenvalue weighted by atomic mass is 16.9. The zero-order valence-electron chi connectivity index (χ0n) is 9.68. The average Bonchev–Trinajstić information content (AvgIpc) is 2.59. The highest BCUT2D eigenvalue weighted by molar-refractivity contribution is 4.89. The molecule has 1 fully saturated rings. The summed E-state index contributed by atoms with van der Waals surface area (Å²) in [6, 6.07) is 0. The van der Waals surface area contributed by atoms with Gasteiger partial charge in [-0.1, -0.05) is 0 Å². The van der Waals surface area contributed by atoms with Crippen LogP contribution >= 0.6 is 0 Å². The monoisotopic (exact) mass is 230 g/mol. The van der Waals surface area contributed by atoms with Crippen molar-refractivity contribution < 1.29 is 23.7 Å². The summed E-state index contributed by atoms with van der Waals surface area (Å²) in [5.41, 5.74) is 0. The standard InChI is InChI=1S/C11H18O5/c1-12-7-9-10(8-13-2)16-11(15-9)5-3-4-6-14-11/h4,6,9-10H,3,5,7-8H2,1-2H3/t9-,10-/m0/s1. The van der Waals surface area contributed by atoms with Crippen molar-refractivity contribution in [2.24, 2.45) is 0 Å². The summed E-state index contributed by atoms with van der Waals surface area (Å²) in [6.45, 7) is 0.950. The maximum atomic E-state index is 5.79. The van der Waals surface area contributed by atoms with E-state index in [9.17, 15) is 0 Å². The van der Waals surface area contributed by atoms with Gasteiger partial charge in [-0.25, -0.2) is 0 Å². The van der Waals surface area contributed by atoms with Crippen molar-refractivity contribution in [3.63, 3.8) is 0 Å². The predicted molar refractivity (Wildman–Crippen MR) is 55.7 cm³/mol. The Balaban J connectivity index is 2.01. The van der Waals surface area contributed by atoms with Crippen LogP contribution in [-0.2, 0) is 23.7 Å². The van der Waals surface area contributed by atoms with E-state index in [1.165, 1.54) is 0 Å². The maximum Gasteiger partial charge on any atom is 0.327 e. The molecule has 2 atom stereocenters. The van der Waals surface area contributed by atoms with Crippen LogP contribution in [0.1, 0.15) is 12.8 Å². The second kappa shape index (κ2) is 5.14. The van der Waals surface area contributed by atoms with Gasteiger partial charge in [-0.2, -0.15) is 0 Å². The summed E-state index contributed by atoms with van der Waals surface area (Å²) in [5.74, 6) is -0.929. The molecule has 2 heterocycles. The van der Waals surface area contributed by atoms with E-state index in [0.29, 0.717) is 19.6 Å². The molecule has 2 rings (SSSR count). The summed E-state index contributed by atoms with van der Waals surface area (Å²) >= 11 is 0. The lowest BCUT2D eigenvalue weighted by Gasteiger charge is -2.28. The fraction of sp³-hybridized carbons (Fsp3) is 0.818. The number of rotatable bonds is 4. The SMILES string of the molecule is COC[C@@H]1OC2(CCC=CO2)O[C@H]1COC. The third-order valence-corrected chi connectivity index (χ3v) is 2.70. The molecule has 0 aromatic rings. The first kappa shape index (κ1) is 11.9. The summed E-state index contributed by atoms with van der Waals surface area (Å²) in [6.07, 6.45) is 4.88. The highest BCUT2D eigenvalue weighted by Gasteiger charge is 2.49. The third-order valence-electron chi connectivity index (χ3n) is 2.70. The number of hydrogen-bond acceptors (Lipinski definition) is 5. The van der Waals surface area contributed by atoms with Gasteiger partial charge >= 0.3 is 5.97 Å². The van der Waals surface area contributed by atoms with Crippen LogP contribution in [0.15, 0.2) is 12.3 Å². The van der Waals surface area contributed by atoms with Gasteiger partial charge in [-0.15, -0.1) is 0 Å². The van der Waals surface area contributed by atoms with Gasteiger partial charge in [-0.05, 0) is 12.5 Å². The van der Waals surface area contributed by atoms with Crippen LogP contribution in [0.2, 0.25) is 0 Å². The second-order valence-corrected chi connectivity index (χ2v) is 3.93. The van der Waals surface area contributed by atoms with E-state index in [1.54, 1.807) is 20.5 Å². The molecular formula is C11H18O5. The van der Waals surface area contributed by atoms with Crippen LogP contribution in [0.4, 0.5) is 0 Å². The van der Waals surface area contributed by atoms with Crippen LogP contribution < -0.4 is 0 Å². The van der Waals surface area contributed by atoms with Gasteiger partial charge in [0.25, 0.3) is 0 Å². The molecule has 0 saturated carbocycles. The van der Waals surface area contributed by atoms with E-state index in [4.69, 9.17) is 23.7 Å². The molecule has 0 aromatic carbocycles. The Hall–Kier alpha value is -0.620. The van der Waals surface area contributed by atoms with Crippen molar-refractivity contribution in [2.75, 3.05) is 27.4 Å². The summed E-state index contributed by atoms with van der Waals surface area (Å²) in [4.78, 5) is 0. The Morgan fingerprint density at radius 1 is 1.19 bits per heavy atom. The van der Waals surface area contributed by atoms with E-state index >= 15 is 0 Å². The van der Waals surface area contributed by atoms with Gasteiger partial charge in [0.05, 0.1) is 19.5 Å². The Morgan fingerprint density at radius 2 is 1.81 bits per heavy atom. The van der Waals surface area contributed by atoms with Crippen LogP contribution in [0.25, 0.3) is 0 Å². The topological polar surface area (TPSA) is 46.2 Å². The molecule has 5 heteroatoms. The molecular weight excluding hydrogens is 212 g/mol. The van der Waals surface area contributed by atoms with E-state index in [0.717, 1.165) is 6.42 Å². The highest BCUT2D eigenvalue weighted by Crippen LogP contribution is 2.36. The molecule has 92 valence electrons. The Bertz CT molecular complexity index is 239. The van der Waals surface area contributed by atoms with Gasteiger partial charge in [0.15, 0.2) is 0 Å². The van der Waals surface area contributed by atoms with Crippen molar-refractivity contribution in [3.05, 3.63) is 12.3 Å². The minimum atomic E-state index is -0.929. The lowest BCUT2D eigenvalue weighted by molar-refractivity contribution is -0.327. The molecule has 1 spiro atoms. The second-order valence-electron chi connectivity index (χ2n) is 3.93. The van der Waals surface area contributed by atoms with Crippen molar-refractivity contribution >= 4 is 0 Å². The smallest absolute Gasteiger partial charge is 0.327 e. The Morgan fingerprint density at radius 3 is 2.25 bits per heavy atom. The average molecular weight is 230 g/mol. The first-order chi connectivity index (χ1) is 7.79. The number of allylic oxidation sites excluding steroid dienone is 1. The zero-order valence-corrected chi connectivity index (χ0v) is 9.68. The molecule has 0 N–H and O–H groups in total. The maximum absolute atomic E-state index is 5.79. The molecule has 0 radical (unpaired) electrons. The molecule has 0 aromatic heterocycles. The van der Waals surface area contributed by atoms with Crippen molar-refractivity contribution in [1.29, 1.82) is 0 Å². The van der Waals surface area contributed by atoms with Crippen molar-refractivity contribution in [1.82, 2.24) is 0 Å². The molecule has 1 saturated heterocycles. The number of methoxy groups -OCH3 is 2. The van der Waals surface area contributed by atoms with Crippen LogP contribution in [0.3, 0.4) is 0 Å². The quantitative estimate of drug-likeness (QED) is 0.722. The van der Waals surface area contributed by atoms with Gasteiger partial charge in [0, 0.05) is 20.6 Å². The van der Waals surface area contributed by atoms with Gasteiger partial charge < -0.3 is 23.7 Å². The minimum absolute atomic E-state index is 0.142. The zero-order chi connectivity index (χ0) is 11.4. The van der Waals surface area contributed by atoms with Crippen LogP contribution in [-0.4, -0.2) is 45.6 Å². The van der Waals surface area contributed by atoms with Crippen molar-refractivity contribution in [3.8, 4) is 0 Å². The first-order valence-corrected chi connectivity index (χ1v) is 5.46. The molecule has 5 nitrogen and oxygen atoms in total. The summed E-state index contributed by atoms with van der Waals surface area (Å²) < 4.78 is 27.2.